The van der Waals surface area contributed by atoms with Crippen LogP contribution in [0.1, 0.15) is 18.6 Å². The molecule has 0 saturated heterocycles. The molecule has 0 saturated carbocycles. The van der Waals surface area contributed by atoms with Gasteiger partial charge in [0, 0.05) is 31.3 Å². The minimum absolute atomic E-state index is 0.0573. The zero-order valence-corrected chi connectivity index (χ0v) is 11.4. The normalized spacial score (nSPS) is 10.4. The summed E-state index contributed by atoms with van der Waals surface area (Å²) < 4.78 is 10.4. The molecule has 0 aliphatic rings. The van der Waals surface area contributed by atoms with E-state index in [9.17, 15) is 4.79 Å². The van der Waals surface area contributed by atoms with Crippen LogP contribution >= 0.6 is 15.9 Å². The van der Waals surface area contributed by atoms with Crippen molar-refractivity contribution in [2.75, 3.05) is 25.1 Å². The highest BCUT2D eigenvalue weighted by Gasteiger charge is 2.02. The zero-order chi connectivity index (χ0) is 12.3. The predicted octanol–water partition coefficient (Wildman–Crippen LogP) is 2.13. The molecule has 1 amide bonds. The Morgan fingerprint density at radius 3 is 3.06 bits per heavy atom. The third-order valence-corrected chi connectivity index (χ3v) is 2.51. The summed E-state index contributed by atoms with van der Waals surface area (Å²) in [4.78, 5) is 11.4. The zero-order valence-electron chi connectivity index (χ0n) is 9.78. The van der Waals surface area contributed by atoms with Crippen LogP contribution in [-0.4, -0.2) is 31.0 Å². The van der Waals surface area contributed by atoms with Crippen molar-refractivity contribution in [1.29, 1.82) is 0 Å². The summed E-state index contributed by atoms with van der Waals surface area (Å²) in [6.07, 6.45) is 3.59. The highest BCUT2D eigenvalue weighted by molar-refractivity contribution is 9.09. The predicted molar refractivity (Wildman–Crippen MR) is 69.3 cm³/mol. The second-order valence-electron chi connectivity index (χ2n) is 3.58. The van der Waals surface area contributed by atoms with Crippen molar-refractivity contribution < 1.29 is 13.9 Å². The number of alkyl halides is 1. The first kappa shape index (κ1) is 14.3. The number of amides is 1. The minimum atomic E-state index is 0.0573. The van der Waals surface area contributed by atoms with Gasteiger partial charge >= 0.3 is 0 Å². The van der Waals surface area contributed by atoms with Crippen LogP contribution in [0.3, 0.4) is 0 Å². The molecule has 1 aromatic heterocycles. The van der Waals surface area contributed by atoms with Gasteiger partial charge in [0.25, 0.3) is 0 Å². The summed E-state index contributed by atoms with van der Waals surface area (Å²) in [6.45, 7) is 2.07. The van der Waals surface area contributed by atoms with E-state index in [-0.39, 0.29) is 5.91 Å². The summed E-state index contributed by atoms with van der Waals surface area (Å²) in [5, 5.41) is 3.70. The Morgan fingerprint density at radius 1 is 1.47 bits per heavy atom. The van der Waals surface area contributed by atoms with Gasteiger partial charge in [0.05, 0.1) is 12.9 Å². The van der Waals surface area contributed by atoms with Gasteiger partial charge in [-0.1, -0.05) is 15.9 Å². The number of nitrogens with one attached hydrogen (secondary N) is 1. The molecule has 0 unspecified atom stereocenters. The van der Waals surface area contributed by atoms with Crippen molar-refractivity contribution in [3.05, 3.63) is 24.2 Å². The maximum absolute atomic E-state index is 11.4. The fraction of sp³-hybridized carbons (Fsp3) is 0.583. The van der Waals surface area contributed by atoms with Gasteiger partial charge in [0.1, 0.15) is 5.76 Å². The van der Waals surface area contributed by atoms with Crippen LogP contribution in [0.5, 0.6) is 0 Å². The van der Waals surface area contributed by atoms with E-state index >= 15 is 0 Å². The van der Waals surface area contributed by atoms with Crippen LogP contribution in [0, 0.1) is 0 Å². The molecular formula is C12H18BrNO3. The molecule has 96 valence electrons. The van der Waals surface area contributed by atoms with Gasteiger partial charge in [0.15, 0.2) is 0 Å². The van der Waals surface area contributed by atoms with Gasteiger partial charge in [-0.2, -0.15) is 0 Å². The monoisotopic (exact) mass is 303 g/mol. The molecule has 4 nitrogen and oxygen atoms in total. The molecule has 0 atom stereocenters. The van der Waals surface area contributed by atoms with Gasteiger partial charge in [0.2, 0.25) is 5.91 Å². The maximum atomic E-state index is 11.4. The Kier molecular flexibility index (Phi) is 7.75. The van der Waals surface area contributed by atoms with Crippen LogP contribution in [0.25, 0.3) is 0 Å². The molecule has 1 aromatic rings. The average molecular weight is 304 g/mol. The van der Waals surface area contributed by atoms with Crippen LogP contribution in [0.15, 0.2) is 22.8 Å². The first-order chi connectivity index (χ1) is 8.33. The number of hydrogen-bond donors (Lipinski definition) is 1. The summed E-state index contributed by atoms with van der Waals surface area (Å²) in [7, 11) is 0. The van der Waals surface area contributed by atoms with Crippen molar-refractivity contribution in [2.24, 2.45) is 0 Å². The Hall–Kier alpha value is -0.810. The van der Waals surface area contributed by atoms with E-state index in [0.29, 0.717) is 32.6 Å². The fourth-order valence-electron chi connectivity index (χ4n) is 1.34. The van der Waals surface area contributed by atoms with Crippen molar-refractivity contribution in [3.8, 4) is 0 Å². The summed E-state index contributed by atoms with van der Waals surface area (Å²) in [6, 6.07) is 3.70. The third-order valence-electron chi connectivity index (χ3n) is 2.19. The second kappa shape index (κ2) is 9.24. The number of aryl methyl sites for hydroxylation is 1. The van der Waals surface area contributed by atoms with Gasteiger partial charge in [-0.25, -0.2) is 0 Å². The summed E-state index contributed by atoms with van der Waals surface area (Å²) in [5.41, 5.74) is 0. The standard InChI is InChI=1S/C12H18BrNO3/c13-6-10-16-8-2-7-14-12(15)5-4-11-3-1-9-17-11/h1,3,9H,2,4-8,10H2,(H,14,15). The van der Waals surface area contributed by atoms with E-state index in [1.54, 1.807) is 6.26 Å². The molecule has 1 heterocycles. The lowest BCUT2D eigenvalue weighted by Crippen LogP contribution is -2.25. The van der Waals surface area contributed by atoms with Crippen LogP contribution in [-0.2, 0) is 16.0 Å². The van der Waals surface area contributed by atoms with E-state index in [0.717, 1.165) is 17.5 Å². The average Bonchev–Trinajstić information content (AvgIpc) is 2.84. The van der Waals surface area contributed by atoms with Gasteiger partial charge in [-0.15, -0.1) is 0 Å². The van der Waals surface area contributed by atoms with Crippen molar-refractivity contribution >= 4 is 21.8 Å². The van der Waals surface area contributed by atoms with E-state index in [2.05, 4.69) is 21.2 Å². The molecular weight excluding hydrogens is 286 g/mol. The van der Waals surface area contributed by atoms with Crippen molar-refractivity contribution in [2.45, 2.75) is 19.3 Å². The van der Waals surface area contributed by atoms with Crippen molar-refractivity contribution in [1.82, 2.24) is 5.32 Å². The highest BCUT2D eigenvalue weighted by Crippen LogP contribution is 2.03. The first-order valence-corrected chi connectivity index (χ1v) is 6.88. The third kappa shape index (κ3) is 7.18. The van der Waals surface area contributed by atoms with Crippen LogP contribution in [0.2, 0.25) is 0 Å². The Morgan fingerprint density at radius 2 is 2.35 bits per heavy atom. The Labute approximate surface area is 110 Å². The Bertz CT molecular complexity index is 301. The molecule has 0 aliphatic heterocycles. The Balaban J connectivity index is 1.94. The highest BCUT2D eigenvalue weighted by atomic mass is 79.9. The number of furan rings is 1. The summed E-state index contributed by atoms with van der Waals surface area (Å²) in [5.74, 6) is 0.905. The maximum Gasteiger partial charge on any atom is 0.220 e. The lowest BCUT2D eigenvalue weighted by Gasteiger charge is -2.04. The van der Waals surface area contributed by atoms with Crippen molar-refractivity contribution in [3.63, 3.8) is 0 Å². The molecule has 0 aromatic carbocycles. The number of halogens is 1. The van der Waals surface area contributed by atoms with E-state index in [1.165, 1.54) is 0 Å². The number of carbonyl (C=O) groups is 1. The SMILES string of the molecule is O=C(CCc1ccco1)NCCCOCCBr. The topological polar surface area (TPSA) is 51.5 Å². The molecule has 5 heteroatoms. The number of ether oxygens (including phenoxy) is 1. The number of rotatable bonds is 9. The quantitative estimate of drug-likeness (QED) is 0.562. The molecule has 0 aliphatic carbocycles. The fourth-order valence-corrected chi connectivity index (χ4v) is 1.57. The first-order valence-electron chi connectivity index (χ1n) is 5.75. The van der Waals surface area contributed by atoms with Gasteiger partial charge < -0.3 is 14.5 Å². The summed E-state index contributed by atoms with van der Waals surface area (Å²) >= 11 is 3.28. The van der Waals surface area contributed by atoms with Crippen LogP contribution < -0.4 is 5.32 Å². The number of hydrogen-bond acceptors (Lipinski definition) is 3. The molecule has 17 heavy (non-hydrogen) atoms. The number of carbonyl (C=O) groups excluding carboxylic acids is 1. The van der Waals surface area contributed by atoms with Crippen LogP contribution in [0.4, 0.5) is 0 Å². The molecule has 1 N–H and O–H groups in total. The van der Waals surface area contributed by atoms with E-state index < -0.39 is 0 Å². The van der Waals surface area contributed by atoms with E-state index in [4.69, 9.17) is 9.15 Å². The molecule has 0 bridgehead atoms. The lowest BCUT2D eigenvalue weighted by molar-refractivity contribution is -0.121. The molecule has 0 radical (unpaired) electrons. The lowest BCUT2D eigenvalue weighted by atomic mass is 10.2. The second-order valence-corrected chi connectivity index (χ2v) is 4.38. The molecule has 1 rings (SSSR count). The minimum Gasteiger partial charge on any atom is -0.469 e. The molecule has 0 spiro atoms. The largest absolute Gasteiger partial charge is 0.469 e. The van der Waals surface area contributed by atoms with E-state index in [1.807, 2.05) is 12.1 Å². The molecule has 0 fully saturated rings. The van der Waals surface area contributed by atoms with Gasteiger partial charge in [-0.3, -0.25) is 4.79 Å². The smallest absolute Gasteiger partial charge is 0.220 e. The van der Waals surface area contributed by atoms with Gasteiger partial charge in [-0.05, 0) is 18.6 Å².